The highest BCUT2D eigenvalue weighted by molar-refractivity contribution is 5.98. The lowest BCUT2D eigenvalue weighted by atomic mass is 10.1. The van der Waals surface area contributed by atoms with Gasteiger partial charge in [0, 0.05) is 0 Å². The third-order valence-corrected chi connectivity index (χ3v) is 3.23. The van der Waals surface area contributed by atoms with E-state index in [9.17, 15) is 14.7 Å². The summed E-state index contributed by atoms with van der Waals surface area (Å²) in [5.74, 6) is -0.761. The zero-order chi connectivity index (χ0) is 16.3. The zero-order valence-electron chi connectivity index (χ0n) is 12.4. The molecule has 0 spiro atoms. The highest BCUT2D eigenvalue weighted by Gasteiger charge is 2.26. The van der Waals surface area contributed by atoms with E-state index in [1.807, 2.05) is 0 Å². The first-order valence-electron chi connectivity index (χ1n) is 6.54. The van der Waals surface area contributed by atoms with Gasteiger partial charge in [0.05, 0.1) is 12.8 Å². The number of methoxy groups -OCH3 is 1. The average molecular weight is 304 g/mol. The molecular weight excluding hydrogens is 288 g/mol. The minimum absolute atomic E-state index is 0.250. The monoisotopic (exact) mass is 304 g/mol. The normalized spacial score (nSPS) is 11.8. The summed E-state index contributed by atoms with van der Waals surface area (Å²) < 4.78 is 9.95. The standard InChI is InChI=1S/C15H16N2O5/c1-8-12(9(2)22-17-8)14(18)16-13(15(19)20)10-4-6-11(21-3)7-5-10/h4-7,13H,1-3H3,(H,16,18)(H,19,20). The van der Waals surface area contributed by atoms with Gasteiger partial charge in [-0.25, -0.2) is 4.79 Å². The van der Waals surface area contributed by atoms with Crippen LogP contribution in [0.2, 0.25) is 0 Å². The van der Waals surface area contributed by atoms with Crippen LogP contribution in [0.3, 0.4) is 0 Å². The van der Waals surface area contributed by atoms with Crippen LogP contribution in [0, 0.1) is 13.8 Å². The van der Waals surface area contributed by atoms with Crippen LogP contribution in [0.5, 0.6) is 5.75 Å². The van der Waals surface area contributed by atoms with E-state index in [2.05, 4.69) is 10.5 Å². The molecule has 1 aromatic carbocycles. The van der Waals surface area contributed by atoms with Gasteiger partial charge in [-0.1, -0.05) is 17.3 Å². The average Bonchev–Trinajstić information content (AvgIpc) is 2.83. The van der Waals surface area contributed by atoms with Crippen LogP contribution in [0.1, 0.15) is 33.4 Å². The molecule has 0 saturated carbocycles. The van der Waals surface area contributed by atoms with Crippen molar-refractivity contribution in [3.8, 4) is 5.75 Å². The predicted octanol–water partition coefficient (Wildman–Crippen LogP) is 1.86. The van der Waals surface area contributed by atoms with Gasteiger partial charge in [0.1, 0.15) is 17.1 Å². The molecule has 0 radical (unpaired) electrons. The number of carboxylic acids is 1. The van der Waals surface area contributed by atoms with Gasteiger partial charge in [0.15, 0.2) is 6.04 Å². The van der Waals surface area contributed by atoms with Crippen molar-refractivity contribution in [2.24, 2.45) is 0 Å². The van der Waals surface area contributed by atoms with Gasteiger partial charge in [-0.05, 0) is 31.5 Å². The van der Waals surface area contributed by atoms with Crippen LogP contribution >= 0.6 is 0 Å². The lowest BCUT2D eigenvalue weighted by molar-refractivity contribution is -0.139. The Kier molecular flexibility index (Phi) is 4.45. The number of nitrogens with one attached hydrogen (secondary N) is 1. The molecule has 7 nitrogen and oxygen atoms in total. The molecule has 1 unspecified atom stereocenters. The number of aromatic nitrogens is 1. The first-order chi connectivity index (χ1) is 10.4. The van der Waals surface area contributed by atoms with Gasteiger partial charge < -0.3 is 19.7 Å². The smallest absolute Gasteiger partial charge is 0.330 e. The van der Waals surface area contributed by atoms with Crippen molar-refractivity contribution in [2.75, 3.05) is 7.11 Å². The SMILES string of the molecule is COc1ccc(C(NC(=O)c2c(C)noc2C)C(=O)O)cc1. The Bertz CT molecular complexity index is 671. The summed E-state index contributed by atoms with van der Waals surface area (Å²) in [4.78, 5) is 23.7. The molecule has 2 aromatic rings. The lowest BCUT2D eigenvalue weighted by Crippen LogP contribution is -2.34. The summed E-state index contributed by atoms with van der Waals surface area (Å²) in [6.07, 6.45) is 0. The van der Waals surface area contributed by atoms with E-state index < -0.39 is 17.9 Å². The van der Waals surface area contributed by atoms with Crippen molar-refractivity contribution in [2.45, 2.75) is 19.9 Å². The Balaban J connectivity index is 2.25. The van der Waals surface area contributed by atoms with Crippen LogP contribution in [0.15, 0.2) is 28.8 Å². The maximum atomic E-state index is 12.3. The fraction of sp³-hybridized carbons (Fsp3) is 0.267. The van der Waals surface area contributed by atoms with E-state index in [-0.39, 0.29) is 5.56 Å². The van der Waals surface area contributed by atoms with Gasteiger partial charge in [-0.3, -0.25) is 4.79 Å². The third kappa shape index (κ3) is 3.08. The van der Waals surface area contributed by atoms with Crippen molar-refractivity contribution in [3.63, 3.8) is 0 Å². The number of nitrogens with zero attached hydrogens (tertiary/aromatic N) is 1. The Morgan fingerprint density at radius 1 is 1.27 bits per heavy atom. The maximum absolute atomic E-state index is 12.3. The molecule has 1 atom stereocenters. The van der Waals surface area contributed by atoms with E-state index in [4.69, 9.17) is 9.26 Å². The molecule has 22 heavy (non-hydrogen) atoms. The Morgan fingerprint density at radius 3 is 2.36 bits per heavy atom. The molecular formula is C15H16N2O5. The van der Waals surface area contributed by atoms with E-state index in [0.717, 1.165) is 0 Å². The summed E-state index contributed by atoms with van der Waals surface area (Å²) in [5.41, 5.74) is 1.10. The second kappa shape index (κ2) is 6.30. The molecule has 1 aromatic heterocycles. The van der Waals surface area contributed by atoms with Crippen molar-refractivity contribution >= 4 is 11.9 Å². The number of amides is 1. The second-order valence-electron chi connectivity index (χ2n) is 4.72. The molecule has 116 valence electrons. The number of carbonyl (C=O) groups excluding carboxylic acids is 1. The Hall–Kier alpha value is -2.83. The minimum atomic E-state index is -1.17. The topological polar surface area (TPSA) is 102 Å². The number of hydrogen-bond acceptors (Lipinski definition) is 5. The second-order valence-corrected chi connectivity index (χ2v) is 4.72. The molecule has 2 rings (SSSR count). The number of aryl methyl sites for hydroxylation is 2. The van der Waals surface area contributed by atoms with E-state index >= 15 is 0 Å². The fourth-order valence-corrected chi connectivity index (χ4v) is 2.09. The Morgan fingerprint density at radius 2 is 1.91 bits per heavy atom. The van der Waals surface area contributed by atoms with Gasteiger partial charge in [-0.2, -0.15) is 0 Å². The van der Waals surface area contributed by atoms with Crippen molar-refractivity contribution in [3.05, 3.63) is 46.8 Å². The van der Waals surface area contributed by atoms with Crippen LogP contribution < -0.4 is 10.1 Å². The fourth-order valence-electron chi connectivity index (χ4n) is 2.09. The van der Waals surface area contributed by atoms with E-state index in [1.165, 1.54) is 7.11 Å². The number of ether oxygens (including phenoxy) is 1. The van der Waals surface area contributed by atoms with Crippen molar-refractivity contribution in [1.29, 1.82) is 0 Å². The molecule has 0 bridgehead atoms. The zero-order valence-corrected chi connectivity index (χ0v) is 12.4. The molecule has 0 aliphatic carbocycles. The number of carbonyl (C=O) groups is 2. The van der Waals surface area contributed by atoms with Gasteiger partial charge >= 0.3 is 5.97 Å². The number of carboxylic acid groups (broad SMARTS) is 1. The molecule has 1 amide bonds. The number of hydrogen-bond donors (Lipinski definition) is 2. The van der Waals surface area contributed by atoms with Crippen molar-refractivity contribution < 1.29 is 24.0 Å². The summed E-state index contributed by atoms with van der Waals surface area (Å²) in [6, 6.07) is 5.27. The highest BCUT2D eigenvalue weighted by Crippen LogP contribution is 2.20. The predicted molar refractivity (Wildman–Crippen MR) is 76.8 cm³/mol. The summed E-state index contributed by atoms with van der Waals surface area (Å²) in [7, 11) is 1.52. The first kappa shape index (κ1) is 15.6. The summed E-state index contributed by atoms with van der Waals surface area (Å²) in [6.45, 7) is 3.21. The molecule has 1 heterocycles. The van der Waals surface area contributed by atoms with Gasteiger partial charge in [-0.15, -0.1) is 0 Å². The van der Waals surface area contributed by atoms with Crippen LogP contribution in [-0.2, 0) is 4.79 Å². The van der Waals surface area contributed by atoms with Crippen LogP contribution in [0.25, 0.3) is 0 Å². The maximum Gasteiger partial charge on any atom is 0.330 e. The largest absolute Gasteiger partial charge is 0.497 e. The number of rotatable bonds is 5. The molecule has 0 aliphatic heterocycles. The quantitative estimate of drug-likeness (QED) is 0.874. The molecule has 0 saturated heterocycles. The van der Waals surface area contributed by atoms with Gasteiger partial charge in [0.25, 0.3) is 5.91 Å². The summed E-state index contributed by atoms with van der Waals surface area (Å²) in [5, 5.41) is 15.5. The third-order valence-electron chi connectivity index (χ3n) is 3.23. The van der Waals surface area contributed by atoms with Crippen LogP contribution in [-0.4, -0.2) is 29.2 Å². The van der Waals surface area contributed by atoms with Crippen molar-refractivity contribution in [1.82, 2.24) is 10.5 Å². The van der Waals surface area contributed by atoms with Crippen LogP contribution in [0.4, 0.5) is 0 Å². The first-order valence-corrected chi connectivity index (χ1v) is 6.54. The molecule has 7 heteroatoms. The lowest BCUT2D eigenvalue weighted by Gasteiger charge is -2.15. The molecule has 0 fully saturated rings. The number of benzene rings is 1. The molecule has 2 N–H and O–H groups in total. The Labute approximate surface area is 126 Å². The highest BCUT2D eigenvalue weighted by atomic mass is 16.5. The molecule has 0 aliphatic rings. The number of aliphatic carboxylic acids is 1. The van der Waals surface area contributed by atoms with E-state index in [1.54, 1.807) is 38.1 Å². The van der Waals surface area contributed by atoms with Gasteiger partial charge in [0.2, 0.25) is 0 Å². The minimum Gasteiger partial charge on any atom is -0.497 e. The van der Waals surface area contributed by atoms with E-state index in [0.29, 0.717) is 22.8 Å². The summed E-state index contributed by atoms with van der Waals surface area (Å²) >= 11 is 0.